The highest BCUT2D eigenvalue weighted by molar-refractivity contribution is 9.10. The van der Waals surface area contributed by atoms with Gasteiger partial charge in [-0.3, -0.25) is 4.79 Å². The first-order valence-electron chi connectivity index (χ1n) is 4.96. The van der Waals surface area contributed by atoms with Crippen LogP contribution < -0.4 is 0 Å². The number of benzene rings is 1. The summed E-state index contributed by atoms with van der Waals surface area (Å²) in [6.45, 7) is 5.68. The summed E-state index contributed by atoms with van der Waals surface area (Å²) in [5.74, 6) is 0.00297. The zero-order valence-corrected chi connectivity index (χ0v) is 10.8. The van der Waals surface area contributed by atoms with Crippen LogP contribution in [0.5, 0.6) is 0 Å². The molecule has 1 amide bonds. The minimum Gasteiger partial charge on any atom is -0.316 e. The third kappa shape index (κ3) is 3.66. The number of halogens is 1. The monoisotopic (exact) mass is 279 g/mol. The first-order valence-corrected chi connectivity index (χ1v) is 5.75. The van der Waals surface area contributed by atoms with Crippen molar-refractivity contribution in [2.45, 2.75) is 6.92 Å². The van der Waals surface area contributed by atoms with Crippen molar-refractivity contribution in [1.82, 2.24) is 4.90 Å². The standard InChI is InChI=1S/C13H14BrNO/c1-3-9-15(11(2)16)10-8-12-6-4-5-7-13(12)14/h3-8,10H,1,9H2,2H3/b10-8-. The zero-order chi connectivity index (χ0) is 12.0. The molecular weight excluding hydrogens is 266 g/mol. The molecule has 16 heavy (non-hydrogen) atoms. The summed E-state index contributed by atoms with van der Waals surface area (Å²) in [6.07, 6.45) is 5.37. The van der Waals surface area contributed by atoms with Crippen molar-refractivity contribution in [3.63, 3.8) is 0 Å². The van der Waals surface area contributed by atoms with Crippen molar-refractivity contribution in [1.29, 1.82) is 0 Å². The molecule has 0 aliphatic heterocycles. The average molecular weight is 280 g/mol. The Balaban J connectivity index is 2.82. The molecule has 84 valence electrons. The first kappa shape index (κ1) is 12.7. The lowest BCUT2D eigenvalue weighted by Crippen LogP contribution is -2.22. The highest BCUT2D eigenvalue weighted by Crippen LogP contribution is 2.17. The molecule has 0 aromatic heterocycles. The normalized spacial score (nSPS) is 10.4. The van der Waals surface area contributed by atoms with Crippen LogP contribution in [0.4, 0.5) is 0 Å². The summed E-state index contributed by atoms with van der Waals surface area (Å²) in [6, 6.07) is 7.85. The molecule has 0 unspecified atom stereocenters. The van der Waals surface area contributed by atoms with Crippen LogP contribution in [0.15, 0.2) is 47.6 Å². The minimum absolute atomic E-state index is 0.00297. The van der Waals surface area contributed by atoms with E-state index in [4.69, 9.17) is 0 Å². The molecule has 0 heterocycles. The van der Waals surface area contributed by atoms with Crippen LogP contribution in [0.1, 0.15) is 12.5 Å². The van der Waals surface area contributed by atoms with E-state index in [9.17, 15) is 4.79 Å². The van der Waals surface area contributed by atoms with E-state index in [2.05, 4.69) is 22.5 Å². The lowest BCUT2D eigenvalue weighted by atomic mass is 10.2. The largest absolute Gasteiger partial charge is 0.316 e. The fourth-order valence-corrected chi connectivity index (χ4v) is 1.63. The van der Waals surface area contributed by atoms with Gasteiger partial charge in [0.25, 0.3) is 0 Å². The van der Waals surface area contributed by atoms with Gasteiger partial charge >= 0.3 is 0 Å². The Labute approximate surface area is 104 Å². The molecule has 0 atom stereocenters. The number of hydrogen-bond acceptors (Lipinski definition) is 1. The van der Waals surface area contributed by atoms with Crippen LogP contribution >= 0.6 is 15.9 Å². The van der Waals surface area contributed by atoms with Crippen LogP contribution in [0, 0.1) is 0 Å². The molecule has 0 saturated carbocycles. The minimum atomic E-state index is 0.00297. The topological polar surface area (TPSA) is 20.3 Å². The fraction of sp³-hybridized carbons (Fsp3) is 0.154. The molecule has 0 aliphatic rings. The maximum Gasteiger partial charge on any atom is 0.223 e. The molecule has 0 spiro atoms. The number of rotatable bonds is 4. The van der Waals surface area contributed by atoms with Gasteiger partial charge in [-0.1, -0.05) is 40.2 Å². The molecule has 0 saturated heterocycles. The van der Waals surface area contributed by atoms with Crippen LogP contribution in [-0.4, -0.2) is 17.4 Å². The molecule has 2 nitrogen and oxygen atoms in total. The summed E-state index contributed by atoms with van der Waals surface area (Å²) in [5, 5.41) is 0. The Kier molecular flexibility index (Phi) is 4.99. The highest BCUT2D eigenvalue weighted by atomic mass is 79.9. The van der Waals surface area contributed by atoms with Gasteiger partial charge in [-0.05, 0) is 17.7 Å². The molecule has 0 aliphatic carbocycles. The average Bonchev–Trinajstić information content (AvgIpc) is 2.26. The number of amides is 1. The quantitative estimate of drug-likeness (QED) is 0.773. The van der Waals surface area contributed by atoms with Gasteiger partial charge < -0.3 is 4.90 Å². The summed E-state index contributed by atoms with van der Waals surface area (Å²) in [7, 11) is 0. The van der Waals surface area contributed by atoms with Crippen molar-refractivity contribution < 1.29 is 4.79 Å². The SMILES string of the molecule is C=CCN(/C=C\c1ccccc1Br)C(C)=O. The Morgan fingerprint density at radius 1 is 1.50 bits per heavy atom. The summed E-state index contributed by atoms with van der Waals surface area (Å²) in [4.78, 5) is 12.9. The van der Waals surface area contributed by atoms with E-state index in [-0.39, 0.29) is 5.91 Å². The fourth-order valence-electron chi connectivity index (χ4n) is 1.21. The second-order valence-electron chi connectivity index (χ2n) is 3.30. The molecular formula is C13H14BrNO. The van der Waals surface area contributed by atoms with E-state index >= 15 is 0 Å². The van der Waals surface area contributed by atoms with Crippen LogP contribution in [0.2, 0.25) is 0 Å². The number of carbonyl (C=O) groups is 1. The van der Waals surface area contributed by atoms with E-state index in [1.54, 1.807) is 17.2 Å². The first-order chi connectivity index (χ1) is 7.65. The maximum absolute atomic E-state index is 11.3. The molecule has 0 radical (unpaired) electrons. The van der Waals surface area contributed by atoms with Gasteiger partial charge in [0.05, 0.1) is 0 Å². The third-order valence-corrected chi connectivity index (χ3v) is 2.79. The van der Waals surface area contributed by atoms with E-state index in [1.807, 2.05) is 30.3 Å². The highest BCUT2D eigenvalue weighted by Gasteiger charge is 2.01. The van der Waals surface area contributed by atoms with Crippen LogP contribution in [-0.2, 0) is 4.79 Å². The molecule has 0 bridgehead atoms. The molecule has 1 rings (SSSR count). The lowest BCUT2D eigenvalue weighted by Gasteiger charge is -2.13. The molecule has 1 aromatic rings. The van der Waals surface area contributed by atoms with Crippen molar-refractivity contribution in [2.75, 3.05) is 6.54 Å². The third-order valence-electron chi connectivity index (χ3n) is 2.07. The van der Waals surface area contributed by atoms with Crippen molar-refractivity contribution in [2.24, 2.45) is 0 Å². The summed E-state index contributed by atoms with van der Waals surface area (Å²) >= 11 is 3.45. The lowest BCUT2D eigenvalue weighted by molar-refractivity contribution is -0.125. The van der Waals surface area contributed by atoms with Crippen molar-refractivity contribution >= 4 is 27.9 Å². The number of nitrogens with zero attached hydrogens (tertiary/aromatic N) is 1. The van der Waals surface area contributed by atoms with Gasteiger partial charge in [-0.15, -0.1) is 6.58 Å². The second kappa shape index (κ2) is 6.28. The van der Waals surface area contributed by atoms with Crippen molar-refractivity contribution in [3.05, 3.63) is 53.2 Å². The van der Waals surface area contributed by atoms with E-state index in [0.29, 0.717) is 6.54 Å². The van der Waals surface area contributed by atoms with Crippen LogP contribution in [0.3, 0.4) is 0 Å². The van der Waals surface area contributed by atoms with E-state index < -0.39 is 0 Å². The smallest absolute Gasteiger partial charge is 0.223 e. The maximum atomic E-state index is 11.3. The molecule has 1 aromatic carbocycles. The van der Waals surface area contributed by atoms with Gasteiger partial charge in [0.2, 0.25) is 5.91 Å². The number of carbonyl (C=O) groups excluding carboxylic acids is 1. The second-order valence-corrected chi connectivity index (χ2v) is 4.15. The van der Waals surface area contributed by atoms with E-state index in [0.717, 1.165) is 10.0 Å². The number of hydrogen-bond donors (Lipinski definition) is 0. The van der Waals surface area contributed by atoms with E-state index in [1.165, 1.54) is 6.92 Å². The molecule has 0 N–H and O–H groups in total. The Bertz CT molecular complexity index is 412. The van der Waals surface area contributed by atoms with Crippen molar-refractivity contribution in [3.8, 4) is 0 Å². The Morgan fingerprint density at radius 2 is 2.19 bits per heavy atom. The Morgan fingerprint density at radius 3 is 2.75 bits per heavy atom. The van der Waals surface area contributed by atoms with Gasteiger partial charge in [0.15, 0.2) is 0 Å². The summed E-state index contributed by atoms with van der Waals surface area (Å²) in [5.41, 5.74) is 1.04. The summed E-state index contributed by atoms with van der Waals surface area (Å²) < 4.78 is 1.01. The molecule has 0 fully saturated rings. The van der Waals surface area contributed by atoms with Crippen LogP contribution in [0.25, 0.3) is 6.08 Å². The van der Waals surface area contributed by atoms with Gasteiger partial charge in [0.1, 0.15) is 0 Å². The predicted octanol–water partition coefficient (Wildman–Crippen LogP) is 3.45. The Hall–Kier alpha value is -1.35. The van der Waals surface area contributed by atoms with Gasteiger partial charge in [-0.2, -0.15) is 0 Å². The molecule has 3 heteroatoms. The zero-order valence-electron chi connectivity index (χ0n) is 9.19. The van der Waals surface area contributed by atoms with Gasteiger partial charge in [0, 0.05) is 24.1 Å². The van der Waals surface area contributed by atoms with Gasteiger partial charge in [-0.25, -0.2) is 0 Å². The predicted molar refractivity (Wildman–Crippen MR) is 70.8 cm³/mol.